The molecule has 0 aliphatic rings. The van der Waals surface area contributed by atoms with Crippen LogP contribution in [0.25, 0.3) is 0 Å². The molecule has 0 aliphatic carbocycles. The average molecular weight is 319 g/mol. The molecule has 0 saturated carbocycles. The third-order valence-corrected chi connectivity index (χ3v) is 5.42. The topological polar surface area (TPSA) is 66.8 Å². The van der Waals surface area contributed by atoms with Gasteiger partial charge in [0.2, 0.25) is 10.0 Å². The van der Waals surface area contributed by atoms with Gasteiger partial charge in [-0.1, -0.05) is 0 Å². The second kappa shape index (κ2) is 7.31. The highest BCUT2D eigenvalue weighted by atomic mass is 32.2. The number of rotatable bonds is 7. The van der Waals surface area contributed by atoms with Crippen molar-refractivity contribution in [1.82, 2.24) is 4.31 Å². The van der Waals surface area contributed by atoms with Crippen molar-refractivity contribution in [2.24, 2.45) is 0 Å². The van der Waals surface area contributed by atoms with Crippen LogP contribution < -0.4 is 0 Å². The number of aliphatic hydroxyl groups excluding tert-OH is 1. The summed E-state index contributed by atoms with van der Waals surface area (Å²) in [6, 6.07) is 2.17. The van der Waals surface area contributed by atoms with Gasteiger partial charge in [0.25, 0.3) is 0 Å². The van der Waals surface area contributed by atoms with E-state index in [1.807, 2.05) is 0 Å². The van der Waals surface area contributed by atoms with Crippen LogP contribution in [0.15, 0.2) is 17.0 Å². The summed E-state index contributed by atoms with van der Waals surface area (Å²) in [6.45, 7) is 4.92. The molecule has 7 heteroatoms. The second-order valence-electron chi connectivity index (χ2n) is 5.06. The summed E-state index contributed by atoms with van der Waals surface area (Å²) in [4.78, 5) is -0.114. The predicted octanol–water partition coefficient (Wildman–Crippen LogP) is 1.67. The Bertz CT molecular complexity index is 587. The number of hydrogen-bond acceptors (Lipinski definition) is 4. The van der Waals surface area contributed by atoms with Gasteiger partial charge in [-0.3, -0.25) is 0 Å². The SMILES string of the molecule is COCCN(C(C)C)S(=O)(=O)c1cc(CO)cc(F)c1C. The Morgan fingerprint density at radius 1 is 1.38 bits per heavy atom. The first-order valence-electron chi connectivity index (χ1n) is 6.66. The number of sulfonamides is 1. The Morgan fingerprint density at radius 3 is 2.48 bits per heavy atom. The summed E-state index contributed by atoms with van der Waals surface area (Å²) in [6.07, 6.45) is 0. The van der Waals surface area contributed by atoms with Crippen LogP contribution in [-0.2, 0) is 21.4 Å². The van der Waals surface area contributed by atoms with Crippen LogP contribution in [0, 0.1) is 12.7 Å². The molecule has 1 N–H and O–H groups in total. The van der Waals surface area contributed by atoms with Crippen molar-refractivity contribution in [3.8, 4) is 0 Å². The minimum absolute atomic E-state index is 0.0512. The van der Waals surface area contributed by atoms with Crippen molar-refractivity contribution < 1.29 is 22.7 Å². The summed E-state index contributed by atoms with van der Waals surface area (Å²) < 4.78 is 45.5. The van der Waals surface area contributed by atoms with Crippen LogP contribution in [-0.4, -0.2) is 44.1 Å². The number of ether oxygens (including phenoxy) is 1. The van der Waals surface area contributed by atoms with Gasteiger partial charge in [-0.25, -0.2) is 12.8 Å². The fourth-order valence-corrected chi connectivity index (χ4v) is 3.94. The molecule has 21 heavy (non-hydrogen) atoms. The highest BCUT2D eigenvalue weighted by molar-refractivity contribution is 7.89. The maximum Gasteiger partial charge on any atom is 0.243 e. The molecule has 0 amide bonds. The number of halogens is 1. The molecule has 0 saturated heterocycles. The largest absolute Gasteiger partial charge is 0.392 e. The minimum Gasteiger partial charge on any atom is -0.392 e. The fourth-order valence-electron chi connectivity index (χ4n) is 2.03. The highest BCUT2D eigenvalue weighted by Gasteiger charge is 2.29. The summed E-state index contributed by atoms with van der Waals surface area (Å²) in [5, 5.41) is 9.14. The zero-order valence-electron chi connectivity index (χ0n) is 12.8. The van der Waals surface area contributed by atoms with E-state index in [0.29, 0.717) is 0 Å². The van der Waals surface area contributed by atoms with E-state index < -0.39 is 22.4 Å². The van der Waals surface area contributed by atoms with Crippen molar-refractivity contribution in [2.75, 3.05) is 20.3 Å². The molecule has 0 radical (unpaired) electrons. The lowest BCUT2D eigenvalue weighted by Crippen LogP contribution is -2.39. The monoisotopic (exact) mass is 319 g/mol. The van der Waals surface area contributed by atoms with Gasteiger partial charge in [-0.05, 0) is 38.5 Å². The molecule has 1 rings (SSSR count). The van der Waals surface area contributed by atoms with E-state index in [1.165, 1.54) is 24.4 Å². The molecule has 1 aromatic rings. The highest BCUT2D eigenvalue weighted by Crippen LogP contribution is 2.25. The zero-order chi connectivity index (χ0) is 16.2. The molecule has 0 aliphatic heterocycles. The average Bonchev–Trinajstić information content (AvgIpc) is 2.41. The van der Waals surface area contributed by atoms with E-state index in [4.69, 9.17) is 9.84 Å². The zero-order valence-corrected chi connectivity index (χ0v) is 13.6. The Kier molecular flexibility index (Phi) is 6.27. The van der Waals surface area contributed by atoms with Gasteiger partial charge in [0.15, 0.2) is 0 Å². The van der Waals surface area contributed by atoms with E-state index in [9.17, 15) is 12.8 Å². The van der Waals surface area contributed by atoms with Gasteiger partial charge in [-0.2, -0.15) is 4.31 Å². The number of hydrogen-bond donors (Lipinski definition) is 1. The van der Waals surface area contributed by atoms with Crippen molar-refractivity contribution in [3.05, 3.63) is 29.1 Å². The molecule has 0 bridgehead atoms. The van der Waals surface area contributed by atoms with Crippen molar-refractivity contribution >= 4 is 10.0 Å². The number of methoxy groups -OCH3 is 1. The van der Waals surface area contributed by atoms with Gasteiger partial charge in [0.05, 0.1) is 18.1 Å². The van der Waals surface area contributed by atoms with E-state index in [-0.39, 0.29) is 35.2 Å². The van der Waals surface area contributed by atoms with Gasteiger partial charge in [0, 0.05) is 25.3 Å². The predicted molar refractivity (Wildman–Crippen MR) is 78.0 cm³/mol. The quantitative estimate of drug-likeness (QED) is 0.830. The summed E-state index contributed by atoms with van der Waals surface area (Å²) in [5.41, 5.74) is 0.280. The molecule has 1 aromatic carbocycles. The molecular weight excluding hydrogens is 297 g/mol. The van der Waals surface area contributed by atoms with Crippen LogP contribution in [0.1, 0.15) is 25.0 Å². The lowest BCUT2D eigenvalue weighted by molar-refractivity contribution is 0.171. The number of aliphatic hydroxyl groups is 1. The molecule has 5 nitrogen and oxygen atoms in total. The maximum atomic E-state index is 13.9. The van der Waals surface area contributed by atoms with Crippen LogP contribution in [0.2, 0.25) is 0 Å². The first kappa shape index (κ1) is 18.0. The van der Waals surface area contributed by atoms with Crippen LogP contribution in [0.3, 0.4) is 0 Å². The van der Waals surface area contributed by atoms with Crippen molar-refractivity contribution in [1.29, 1.82) is 0 Å². The van der Waals surface area contributed by atoms with Crippen molar-refractivity contribution in [3.63, 3.8) is 0 Å². The van der Waals surface area contributed by atoms with Crippen LogP contribution >= 0.6 is 0 Å². The van der Waals surface area contributed by atoms with Crippen LogP contribution in [0.5, 0.6) is 0 Å². The standard InChI is InChI=1S/C14H22FNO4S/c1-10(2)16(5-6-20-4)21(18,19)14-8-12(9-17)7-13(15)11(14)3/h7-8,10,17H,5-6,9H2,1-4H3. The molecule has 0 heterocycles. The second-order valence-corrected chi connectivity index (χ2v) is 6.92. The van der Waals surface area contributed by atoms with E-state index in [1.54, 1.807) is 13.8 Å². The normalized spacial score (nSPS) is 12.4. The molecule has 0 fully saturated rings. The van der Waals surface area contributed by atoms with Gasteiger partial charge in [0.1, 0.15) is 5.82 Å². The summed E-state index contributed by atoms with van der Waals surface area (Å²) in [7, 11) is -2.37. The third kappa shape index (κ3) is 4.00. The summed E-state index contributed by atoms with van der Waals surface area (Å²) >= 11 is 0. The molecule has 0 aromatic heterocycles. The van der Waals surface area contributed by atoms with Crippen molar-refractivity contribution in [2.45, 2.75) is 38.3 Å². The van der Waals surface area contributed by atoms with Gasteiger partial charge in [-0.15, -0.1) is 0 Å². The third-order valence-electron chi connectivity index (χ3n) is 3.22. The lowest BCUT2D eigenvalue weighted by atomic mass is 10.1. The lowest BCUT2D eigenvalue weighted by Gasteiger charge is -2.26. The smallest absolute Gasteiger partial charge is 0.243 e. The number of nitrogens with zero attached hydrogens (tertiary/aromatic N) is 1. The molecule has 0 spiro atoms. The summed E-state index contributed by atoms with van der Waals surface area (Å²) in [5.74, 6) is -0.643. The molecule has 0 unspecified atom stereocenters. The maximum absolute atomic E-state index is 13.9. The Balaban J connectivity index is 3.37. The van der Waals surface area contributed by atoms with Crippen LogP contribution in [0.4, 0.5) is 4.39 Å². The van der Waals surface area contributed by atoms with E-state index in [0.717, 1.165) is 6.07 Å². The Labute approximate surface area is 125 Å². The molecule has 0 atom stereocenters. The number of benzene rings is 1. The minimum atomic E-state index is -3.86. The molecule has 120 valence electrons. The Hall–Kier alpha value is -1.02. The van der Waals surface area contributed by atoms with E-state index in [2.05, 4.69) is 0 Å². The first-order valence-corrected chi connectivity index (χ1v) is 8.10. The first-order chi connectivity index (χ1) is 9.75. The van der Waals surface area contributed by atoms with E-state index >= 15 is 0 Å². The van der Waals surface area contributed by atoms with Gasteiger partial charge < -0.3 is 9.84 Å². The molecular formula is C14H22FNO4S. The van der Waals surface area contributed by atoms with Gasteiger partial charge >= 0.3 is 0 Å². The Morgan fingerprint density at radius 2 is 2.00 bits per heavy atom. The fraction of sp³-hybridized carbons (Fsp3) is 0.571.